The third kappa shape index (κ3) is 3.75. The molecule has 0 bridgehead atoms. The molecule has 3 aromatic carbocycles. The molecule has 0 unspecified atom stereocenters. The van der Waals surface area contributed by atoms with Gasteiger partial charge in [-0.25, -0.2) is 0 Å². The molecule has 0 aliphatic carbocycles. The van der Waals surface area contributed by atoms with Gasteiger partial charge in [0.1, 0.15) is 7.05 Å². The lowest BCUT2D eigenvalue weighted by atomic mass is 10.1. The first-order chi connectivity index (χ1) is 13.6. The molecule has 3 nitrogen and oxygen atoms in total. The number of hydrogen-bond donors (Lipinski definition) is 0. The minimum Gasteiger partial charge on any atom is -0.616 e. The molecule has 0 amide bonds. The third-order valence-electron chi connectivity index (χ3n) is 5.01. The van der Waals surface area contributed by atoms with Gasteiger partial charge in [-0.3, -0.25) is 0 Å². The Morgan fingerprint density at radius 1 is 0.750 bits per heavy atom. The minimum absolute atomic E-state index is 0.671. The molecule has 1 radical (unpaired) electrons. The summed E-state index contributed by atoms with van der Waals surface area (Å²) in [5, 5.41) is 1.20. The molecule has 0 aliphatic rings. The fraction of sp³-hybridized carbons (Fsp3) is 0.125. The van der Waals surface area contributed by atoms with E-state index in [9.17, 15) is 0 Å². The quantitative estimate of drug-likeness (QED) is 0.360. The first-order valence-corrected chi connectivity index (χ1v) is 10.3. The van der Waals surface area contributed by atoms with Crippen LogP contribution in [-0.2, 0) is 7.05 Å². The number of fused-ring (bicyclic) bond motifs is 1. The fourth-order valence-electron chi connectivity index (χ4n) is 3.46. The number of rotatable bonds is 5. The van der Waals surface area contributed by atoms with Crippen LogP contribution in [0.3, 0.4) is 0 Å². The van der Waals surface area contributed by atoms with E-state index in [2.05, 4.69) is 61.9 Å². The highest BCUT2D eigenvalue weighted by atomic mass is 27.2. The lowest BCUT2D eigenvalue weighted by Crippen LogP contribution is -2.33. The molecule has 137 valence electrons. The monoisotopic (exact) mass is 383 g/mol. The summed E-state index contributed by atoms with van der Waals surface area (Å²) in [7, 11) is 2.07. The van der Waals surface area contributed by atoms with E-state index in [1.54, 1.807) is 0 Å². The predicted octanol–water partition coefficient (Wildman–Crippen LogP) is 4.94. The van der Waals surface area contributed by atoms with Crippen molar-refractivity contribution in [2.75, 3.05) is 0 Å². The number of hydrogen-bond acceptors (Lipinski definition) is 2. The Balaban J connectivity index is 1.54. The zero-order valence-corrected chi connectivity index (χ0v) is 17.5. The van der Waals surface area contributed by atoms with Crippen molar-refractivity contribution >= 4 is 26.8 Å². The smallest absolute Gasteiger partial charge is 0.616 e. The van der Waals surface area contributed by atoms with Gasteiger partial charge in [0.15, 0.2) is 11.4 Å². The second kappa shape index (κ2) is 8.06. The Kier molecular flexibility index (Phi) is 5.34. The van der Waals surface area contributed by atoms with E-state index in [1.807, 2.05) is 42.5 Å². The van der Waals surface area contributed by atoms with E-state index in [1.165, 1.54) is 22.2 Å². The topological polar surface area (TPSA) is 22.3 Å². The maximum absolute atomic E-state index is 6.10. The Morgan fingerprint density at radius 3 is 2.32 bits per heavy atom. The SMILES string of the molecule is Cc1cc(C)[n+](C)c2c([O][Al][O]c3cccc(-c4ccccc4)c3)cccc12. The fourth-order valence-corrected chi connectivity index (χ4v) is 4.06. The highest BCUT2D eigenvalue weighted by Gasteiger charge is 2.18. The highest BCUT2D eigenvalue weighted by Crippen LogP contribution is 2.26. The van der Waals surface area contributed by atoms with Crippen molar-refractivity contribution in [3.05, 3.63) is 90.1 Å². The second-order valence-corrected chi connectivity index (χ2v) is 7.57. The molecule has 1 aromatic heterocycles. The van der Waals surface area contributed by atoms with E-state index in [4.69, 9.17) is 7.58 Å². The number of benzene rings is 3. The predicted molar refractivity (Wildman–Crippen MR) is 113 cm³/mol. The van der Waals surface area contributed by atoms with Gasteiger partial charge in [0.05, 0.1) is 11.1 Å². The molecule has 4 rings (SSSR count). The molecule has 4 aromatic rings. The molecule has 28 heavy (non-hydrogen) atoms. The van der Waals surface area contributed by atoms with Gasteiger partial charge in [-0.1, -0.05) is 48.5 Å². The number of nitrogens with zero attached hydrogens (tertiary/aromatic N) is 1. The van der Waals surface area contributed by atoms with Crippen LogP contribution >= 0.6 is 0 Å². The van der Waals surface area contributed by atoms with Crippen LogP contribution in [0.5, 0.6) is 11.5 Å². The van der Waals surface area contributed by atoms with Gasteiger partial charge in [-0.05, 0) is 47.9 Å². The molecule has 0 saturated carbocycles. The standard InChI is InChI=1S/C12H13NO.C12H10O.Al/c1-8-7-9(2)13(3)12-10(8)5-4-6-11(12)14;13-12-8-4-7-11(9-12)10-5-2-1-3-6-10;/h4-7H,1-3H3;1-9,13H;/q;;+2/p-1. The Bertz CT molecular complexity index is 1130. The summed E-state index contributed by atoms with van der Waals surface area (Å²) in [5.74, 6) is 1.69. The summed E-state index contributed by atoms with van der Waals surface area (Å²) in [6.07, 6.45) is 0. The first kappa shape index (κ1) is 18.6. The molecule has 0 N–H and O–H groups in total. The summed E-state index contributed by atoms with van der Waals surface area (Å²) >= 11 is -0.671. The van der Waals surface area contributed by atoms with Gasteiger partial charge < -0.3 is 7.58 Å². The molecule has 0 saturated heterocycles. The number of aromatic nitrogens is 1. The van der Waals surface area contributed by atoms with Gasteiger partial charge in [0.2, 0.25) is 0 Å². The number of pyridine rings is 1. The van der Waals surface area contributed by atoms with Gasteiger partial charge in [-0.15, -0.1) is 0 Å². The van der Waals surface area contributed by atoms with Gasteiger partial charge in [0.25, 0.3) is 5.52 Å². The van der Waals surface area contributed by atoms with Crippen LogP contribution in [0.2, 0.25) is 0 Å². The van der Waals surface area contributed by atoms with Crippen LogP contribution in [0.4, 0.5) is 0 Å². The van der Waals surface area contributed by atoms with Crippen molar-refractivity contribution in [3.8, 4) is 22.6 Å². The van der Waals surface area contributed by atoms with Gasteiger partial charge in [0, 0.05) is 13.0 Å². The van der Waals surface area contributed by atoms with Crippen molar-refractivity contribution in [1.82, 2.24) is 0 Å². The van der Waals surface area contributed by atoms with Crippen LogP contribution in [0, 0.1) is 13.8 Å². The summed E-state index contributed by atoms with van der Waals surface area (Å²) in [6.45, 7) is 4.25. The maximum atomic E-state index is 6.10. The third-order valence-corrected chi connectivity index (χ3v) is 5.73. The van der Waals surface area contributed by atoms with Crippen LogP contribution < -0.4 is 12.1 Å². The molecule has 0 atom stereocenters. The summed E-state index contributed by atoms with van der Waals surface area (Å²) < 4.78 is 14.2. The lowest BCUT2D eigenvalue weighted by Gasteiger charge is -2.12. The molecular formula is C24H22AlNO2+. The average molecular weight is 383 g/mol. The van der Waals surface area contributed by atoms with Crippen LogP contribution in [0.25, 0.3) is 22.0 Å². The van der Waals surface area contributed by atoms with Crippen molar-refractivity contribution in [3.63, 3.8) is 0 Å². The summed E-state index contributed by atoms with van der Waals surface area (Å²) in [5.41, 5.74) is 5.88. The van der Waals surface area contributed by atoms with Crippen LogP contribution in [0.1, 0.15) is 11.3 Å². The Hall–Kier alpha value is -2.80. The van der Waals surface area contributed by atoms with Crippen LogP contribution in [-0.4, -0.2) is 15.9 Å². The van der Waals surface area contributed by atoms with Crippen molar-refractivity contribution < 1.29 is 12.1 Å². The van der Waals surface area contributed by atoms with Crippen molar-refractivity contribution in [2.24, 2.45) is 7.05 Å². The van der Waals surface area contributed by atoms with E-state index < -0.39 is 15.9 Å². The molecule has 4 heteroatoms. The average Bonchev–Trinajstić information content (AvgIpc) is 2.73. The maximum Gasteiger partial charge on any atom is 0.882 e. The Morgan fingerprint density at radius 2 is 1.50 bits per heavy atom. The molecule has 0 fully saturated rings. The van der Waals surface area contributed by atoms with E-state index >= 15 is 0 Å². The molecule has 0 aliphatic heterocycles. The van der Waals surface area contributed by atoms with E-state index in [0.29, 0.717) is 0 Å². The minimum atomic E-state index is -0.671. The largest absolute Gasteiger partial charge is 0.882 e. The van der Waals surface area contributed by atoms with Crippen molar-refractivity contribution in [1.29, 1.82) is 0 Å². The zero-order chi connectivity index (χ0) is 19.5. The normalized spacial score (nSPS) is 10.7. The van der Waals surface area contributed by atoms with Gasteiger partial charge in [-0.2, -0.15) is 4.57 Å². The van der Waals surface area contributed by atoms with E-state index in [-0.39, 0.29) is 0 Å². The molecular weight excluding hydrogens is 361 g/mol. The first-order valence-electron chi connectivity index (χ1n) is 9.33. The van der Waals surface area contributed by atoms with Crippen LogP contribution in [0.15, 0.2) is 78.9 Å². The highest BCUT2D eigenvalue weighted by molar-refractivity contribution is 6.21. The number of para-hydroxylation sites is 1. The van der Waals surface area contributed by atoms with Crippen molar-refractivity contribution in [2.45, 2.75) is 13.8 Å². The van der Waals surface area contributed by atoms with E-state index in [0.717, 1.165) is 22.6 Å². The summed E-state index contributed by atoms with van der Waals surface area (Å²) in [6, 6.07) is 26.8. The van der Waals surface area contributed by atoms with Gasteiger partial charge >= 0.3 is 15.9 Å². The second-order valence-electron chi connectivity index (χ2n) is 6.91. The summed E-state index contributed by atoms with van der Waals surface area (Å²) in [4.78, 5) is 0. The number of aryl methyl sites for hydroxylation is 3. The molecule has 0 spiro atoms. The Labute approximate surface area is 172 Å². The molecule has 1 heterocycles. The lowest BCUT2D eigenvalue weighted by molar-refractivity contribution is -0.651. The zero-order valence-electron chi connectivity index (χ0n) is 16.3.